The normalized spacial score (nSPS) is 15.3. The molecule has 0 bridgehead atoms. The first kappa shape index (κ1) is 25.2. The Bertz CT molecular complexity index is 1170. The minimum Gasteiger partial charge on any atom is -0.426 e. The van der Waals surface area contributed by atoms with Gasteiger partial charge in [-0.25, -0.2) is 4.79 Å². The Hall–Kier alpha value is -3.93. The molecule has 1 aliphatic carbocycles. The molecule has 1 aliphatic rings. The molecule has 3 aromatic carbocycles. The number of fused-ring (bicyclic) bond motifs is 1. The van der Waals surface area contributed by atoms with E-state index in [-0.39, 0.29) is 17.7 Å². The molecule has 0 aliphatic heterocycles. The molecule has 1 atom stereocenters. The van der Waals surface area contributed by atoms with Crippen LogP contribution in [0.5, 0.6) is 5.75 Å². The van der Waals surface area contributed by atoms with Gasteiger partial charge in [0.2, 0.25) is 0 Å². The maximum Gasteiger partial charge on any atom is 0.346 e. The van der Waals surface area contributed by atoms with Crippen LogP contribution in [0.15, 0.2) is 84.0 Å². The van der Waals surface area contributed by atoms with Gasteiger partial charge < -0.3 is 15.3 Å². The number of hydrogen-bond acceptors (Lipinski definition) is 5. The first-order valence-corrected chi connectivity index (χ1v) is 12.5. The van der Waals surface area contributed by atoms with Gasteiger partial charge >= 0.3 is 11.9 Å². The van der Waals surface area contributed by atoms with E-state index in [9.17, 15) is 9.59 Å². The zero-order chi connectivity index (χ0) is 25.3. The minimum atomic E-state index is -0.585. The molecule has 0 saturated carbocycles. The van der Waals surface area contributed by atoms with Crippen molar-refractivity contribution in [3.8, 4) is 5.75 Å². The van der Waals surface area contributed by atoms with Crippen molar-refractivity contribution < 1.29 is 19.2 Å². The molecule has 186 valence electrons. The van der Waals surface area contributed by atoms with Gasteiger partial charge in [-0.05, 0) is 59.9 Å². The van der Waals surface area contributed by atoms with Crippen molar-refractivity contribution in [2.75, 3.05) is 0 Å². The Labute approximate surface area is 212 Å². The van der Waals surface area contributed by atoms with E-state index < -0.39 is 11.9 Å². The van der Waals surface area contributed by atoms with Crippen molar-refractivity contribution >= 4 is 17.8 Å². The molecular weight excluding hydrogens is 452 g/mol. The van der Waals surface area contributed by atoms with Crippen LogP contribution in [0.3, 0.4) is 0 Å². The molecule has 0 radical (unpaired) electrons. The van der Waals surface area contributed by atoms with Crippen LogP contribution in [0.2, 0.25) is 0 Å². The highest BCUT2D eigenvalue weighted by Crippen LogP contribution is 2.39. The van der Waals surface area contributed by atoms with Gasteiger partial charge in [-0.2, -0.15) is 0 Å². The third-order valence-corrected chi connectivity index (χ3v) is 6.60. The Balaban J connectivity index is 1.42. The Kier molecular flexibility index (Phi) is 8.50. The second kappa shape index (κ2) is 12.2. The Morgan fingerprint density at radius 1 is 0.972 bits per heavy atom. The maximum atomic E-state index is 13.0. The molecule has 3 aromatic rings. The minimum absolute atomic E-state index is 0.229. The van der Waals surface area contributed by atoms with E-state index in [4.69, 9.17) is 15.3 Å². The number of amidine groups is 1. The number of carbonyl (C=O) groups excluding carboxylic acids is 2. The molecule has 2 N–H and O–H groups in total. The fourth-order valence-electron chi connectivity index (χ4n) is 4.78. The smallest absolute Gasteiger partial charge is 0.346 e. The molecule has 4 rings (SSSR count). The van der Waals surface area contributed by atoms with E-state index >= 15 is 0 Å². The third kappa shape index (κ3) is 6.19. The molecule has 0 saturated heterocycles. The molecule has 6 heteroatoms. The summed E-state index contributed by atoms with van der Waals surface area (Å²) >= 11 is 0. The van der Waals surface area contributed by atoms with Gasteiger partial charge in [0, 0.05) is 12.8 Å². The molecule has 36 heavy (non-hydrogen) atoms. The summed E-state index contributed by atoms with van der Waals surface area (Å²) in [6.45, 7) is 1.79. The number of hydrogen-bond donors (Lipinski definition) is 1. The second-order valence-corrected chi connectivity index (χ2v) is 9.03. The first-order valence-electron chi connectivity index (χ1n) is 12.5. The number of ether oxygens (including phenoxy) is 1. The van der Waals surface area contributed by atoms with Crippen LogP contribution in [0.4, 0.5) is 0 Å². The van der Waals surface area contributed by atoms with Crippen LogP contribution in [0.25, 0.3) is 0 Å². The summed E-state index contributed by atoms with van der Waals surface area (Å²) in [7, 11) is 0. The van der Waals surface area contributed by atoms with E-state index in [1.165, 1.54) is 5.56 Å². The zero-order valence-electron chi connectivity index (χ0n) is 20.6. The monoisotopic (exact) mass is 484 g/mol. The molecule has 0 spiro atoms. The predicted molar refractivity (Wildman–Crippen MR) is 140 cm³/mol. The van der Waals surface area contributed by atoms with E-state index in [1.54, 1.807) is 6.92 Å². The van der Waals surface area contributed by atoms with Gasteiger partial charge in [0.25, 0.3) is 0 Å². The van der Waals surface area contributed by atoms with E-state index in [0.717, 1.165) is 42.4 Å². The summed E-state index contributed by atoms with van der Waals surface area (Å²) in [5.74, 6) is -0.0662. The average Bonchev–Trinajstić information content (AvgIpc) is 2.92. The zero-order valence-corrected chi connectivity index (χ0v) is 20.6. The van der Waals surface area contributed by atoms with Crippen molar-refractivity contribution in [2.45, 2.75) is 57.3 Å². The number of nitrogens with zero attached hydrogens (tertiary/aromatic N) is 1. The number of rotatable bonds is 9. The SMILES string of the molecule is CCC(=O)Oc1cccc2c1CCCC2CCC(N)=NOC(=O)C(c1ccccc1)c1ccccc1. The molecule has 0 fully saturated rings. The summed E-state index contributed by atoms with van der Waals surface area (Å²) in [6.07, 6.45) is 4.54. The topological polar surface area (TPSA) is 91.0 Å². The van der Waals surface area contributed by atoms with Crippen LogP contribution < -0.4 is 10.5 Å². The summed E-state index contributed by atoms with van der Waals surface area (Å²) in [6, 6.07) is 24.9. The van der Waals surface area contributed by atoms with Crippen molar-refractivity contribution in [1.82, 2.24) is 0 Å². The maximum absolute atomic E-state index is 13.0. The molecule has 6 nitrogen and oxygen atoms in total. The predicted octanol–water partition coefficient (Wildman–Crippen LogP) is 5.85. The second-order valence-electron chi connectivity index (χ2n) is 9.03. The molecule has 0 heterocycles. The summed E-state index contributed by atoms with van der Waals surface area (Å²) in [5, 5.41) is 3.98. The van der Waals surface area contributed by atoms with Crippen LogP contribution in [0.1, 0.15) is 73.1 Å². The van der Waals surface area contributed by atoms with Crippen LogP contribution in [-0.2, 0) is 20.8 Å². The summed E-state index contributed by atoms with van der Waals surface area (Å²) in [5.41, 5.74) is 10.1. The lowest BCUT2D eigenvalue weighted by atomic mass is 9.80. The van der Waals surface area contributed by atoms with E-state index in [1.807, 2.05) is 72.8 Å². The van der Waals surface area contributed by atoms with Gasteiger partial charge in [0.1, 0.15) is 17.5 Å². The fraction of sp³-hybridized carbons (Fsp3) is 0.300. The number of esters is 1. The van der Waals surface area contributed by atoms with Gasteiger partial charge in [-0.3, -0.25) is 4.79 Å². The number of oxime groups is 1. The van der Waals surface area contributed by atoms with Crippen molar-refractivity contribution in [3.05, 3.63) is 101 Å². The van der Waals surface area contributed by atoms with E-state index in [0.29, 0.717) is 18.6 Å². The standard InChI is InChI=1S/C30H32N2O4/c1-2-28(33)35-26-18-10-16-24-21(15-9-17-25(24)26)19-20-27(31)32-36-30(34)29(22-11-5-3-6-12-22)23-13-7-4-8-14-23/h3-8,10-14,16,18,21,29H,2,9,15,17,19-20H2,1H3,(H2,31,32). The van der Waals surface area contributed by atoms with Crippen LogP contribution in [0, 0.1) is 0 Å². The first-order chi connectivity index (χ1) is 17.6. The summed E-state index contributed by atoms with van der Waals surface area (Å²) in [4.78, 5) is 30.2. The van der Waals surface area contributed by atoms with Crippen molar-refractivity contribution in [3.63, 3.8) is 0 Å². The fourth-order valence-corrected chi connectivity index (χ4v) is 4.78. The number of carbonyl (C=O) groups is 2. The Morgan fingerprint density at radius 2 is 1.64 bits per heavy atom. The molecule has 0 amide bonds. The quantitative estimate of drug-likeness (QED) is 0.103. The summed E-state index contributed by atoms with van der Waals surface area (Å²) < 4.78 is 5.55. The van der Waals surface area contributed by atoms with Crippen LogP contribution in [-0.4, -0.2) is 17.8 Å². The highest BCUT2D eigenvalue weighted by Gasteiger charge is 2.26. The largest absolute Gasteiger partial charge is 0.426 e. The van der Waals surface area contributed by atoms with Gasteiger partial charge in [0.15, 0.2) is 0 Å². The van der Waals surface area contributed by atoms with Gasteiger partial charge in [-0.1, -0.05) is 84.9 Å². The lowest BCUT2D eigenvalue weighted by molar-refractivity contribution is -0.144. The lowest BCUT2D eigenvalue weighted by Gasteiger charge is -2.27. The number of nitrogens with two attached hydrogens (primary N) is 1. The molecule has 1 unspecified atom stereocenters. The van der Waals surface area contributed by atoms with Crippen LogP contribution >= 0.6 is 0 Å². The lowest BCUT2D eigenvalue weighted by Crippen LogP contribution is -2.20. The highest BCUT2D eigenvalue weighted by molar-refractivity contribution is 5.84. The Morgan fingerprint density at radius 3 is 2.28 bits per heavy atom. The van der Waals surface area contributed by atoms with Crippen molar-refractivity contribution in [1.29, 1.82) is 0 Å². The average molecular weight is 485 g/mol. The molecule has 0 aromatic heterocycles. The van der Waals surface area contributed by atoms with E-state index in [2.05, 4.69) is 11.2 Å². The molecular formula is C30H32N2O4. The van der Waals surface area contributed by atoms with Crippen molar-refractivity contribution in [2.24, 2.45) is 10.9 Å². The highest BCUT2D eigenvalue weighted by atomic mass is 16.7. The van der Waals surface area contributed by atoms with Gasteiger partial charge in [0.05, 0.1) is 0 Å². The third-order valence-electron chi connectivity index (χ3n) is 6.60. The number of benzene rings is 3. The van der Waals surface area contributed by atoms with Gasteiger partial charge in [-0.15, -0.1) is 0 Å².